The lowest BCUT2D eigenvalue weighted by Gasteiger charge is -2.31. The highest BCUT2D eigenvalue weighted by molar-refractivity contribution is 5.79. The van der Waals surface area contributed by atoms with Gasteiger partial charge in [-0.3, -0.25) is 9.69 Å². The topological polar surface area (TPSA) is 26.8 Å². The summed E-state index contributed by atoms with van der Waals surface area (Å²) >= 11 is 0. The lowest BCUT2D eigenvalue weighted by molar-refractivity contribution is -0.133. The van der Waals surface area contributed by atoms with E-state index in [2.05, 4.69) is 41.0 Å². The standard InChI is InChI=1S/C25H32FN3O/c1-17-8-5-6-11-21(17)25-22-15-28(12-19-10-7-9-18(2)24(19)26)13-20(22)14-29(25)23(30)16-27(3)4/h5-11,20,22,25H,12-16H2,1-4H3/t20-,22-,25+/m1/s1. The molecular weight excluding hydrogens is 377 g/mol. The van der Waals surface area contributed by atoms with E-state index in [0.717, 1.165) is 25.2 Å². The van der Waals surface area contributed by atoms with E-state index in [4.69, 9.17) is 0 Å². The number of carbonyl (C=O) groups excluding carboxylic acids is 1. The number of rotatable bonds is 5. The lowest BCUT2D eigenvalue weighted by Crippen LogP contribution is -2.40. The van der Waals surface area contributed by atoms with Crippen LogP contribution in [0.1, 0.15) is 28.3 Å². The molecule has 1 amide bonds. The van der Waals surface area contributed by atoms with Crippen LogP contribution in [0.25, 0.3) is 0 Å². The molecular formula is C25H32FN3O. The Kier molecular flexibility index (Phi) is 5.94. The summed E-state index contributed by atoms with van der Waals surface area (Å²) in [5, 5.41) is 0. The van der Waals surface area contributed by atoms with Crippen LogP contribution < -0.4 is 0 Å². The number of hydrogen-bond acceptors (Lipinski definition) is 3. The van der Waals surface area contributed by atoms with Crippen LogP contribution >= 0.6 is 0 Å². The molecule has 2 fully saturated rings. The van der Waals surface area contributed by atoms with Crippen LogP contribution in [0.5, 0.6) is 0 Å². The van der Waals surface area contributed by atoms with E-state index in [0.29, 0.717) is 30.5 Å². The number of aryl methyl sites for hydroxylation is 2. The Balaban J connectivity index is 1.58. The quantitative estimate of drug-likeness (QED) is 0.755. The molecule has 0 aromatic heterocycles. The molecule has 30 heavy (non-hydrogen) atoms. The average Bonchev–Trinajstić information content (AvgIpc) is 3.23. The van der Waals surface area contributed by atoms with Crippen LogP contribution in [-0.4, -0.2) is 60.9 Å². The third kappa shape index (κ3) is 4.01. The third-order valence-electron chi connectivity index (χ3n) is 6.68. The van der Waals surface area contributed by atoms with Gasteiger partial charge < -0.3 is 9.80 Å². The molecule has 3 atom stereocenters. The number of amides is 1. The van der Waals surface area contributed by atoms with Crippen molar-refractivity contribution in [2.75, 3.05) is 40.3 Å². The fraction of sp³-hybridized carbons (Fsp3) is 0.480. The zero-order valence-corrected chi connectivity index (χ0v) is 18.4. The Hall–Kier alpha value is -2.24. The van der Waals surface area contributed by atoms with Crippen molar-refractivity contribution in [1.82, 2.24) is 14.7 Å². The number of carbonyl (C=O) groups is 1. The summed E-state index contributed by atoms with van der Waals surface area (Å²) in [6, 6.07) is 14.2. The number of benzene rings is 2. The van der Waals surface area contributed by atoms with Gasteiger partial charge in [0.15, 0.2) is 0 Å². The predicted molar refractivity (Wildman–Crippen MR) is 118 cm³/mol. The predicted octanol–water partition coefficient (Wildman–Crippen LogP) is 3.64. The Morgan fingerprint density at radius 3 is 2.50 bits per heavy atom. The molecule has 2 heterocycles. The summed E-state index contributed by atoms with van der Waals surface area (Å²) in [5.41, 5.74) is 3.95. The van der Waals surface area contributed by atoms with Gasteiger partial charge in [0.1, 0.15) is 5.82 Å². The molecule has 0 saturated carbocycles. The number of likely N-dealkylation sites (N-methyl/N-ethyl adjacent to an activating group) is 1. The van der Waals surface area contributed by atoms with Crippen LogP contribution in [0.3, 0.4) is 0 Å². The molecule has 160 valence electrons. The van der Waals surface area contributed by atoms with Gasteiger partial charge in [-0.15, -0.1) is 0 Å². The molecule has 4 rings (SSSR count). The molecule has 2 saturated heterocycles. The van der Waals surface area contributed by atoms with Crippen LogP contribution in [-0.2, 0) is 11.3 Å². The van der Waals surface area contributed by atoms with Crippen molar-refractivity contribution in [3.05, 3.63) is 70.5 Å². The number of fused-ring (bicyclic) bond motifs is 1. The Morgan fingerprint density at radius 1 is 1.03 bits per heavy atom. The molecule has 2 aliphatic heterocycles. The summed E-state index contributed by atoms with van der Waals surface area (Å²) in [5.74, 6) is 0.908. The van der Waals surface area contributed by atoms with Crippen molar-refractivity contribution in [3.8, 4) is 0 Å². The minimum absolute atomic E-state index is 0.0900. The van der Waals surface area contributed by atoms with E-state index in [1.165, 1.54) is 11.1 Å². The van der Waals surface area contributed by atoms with E-state index < -0.39 is 0 Å². The Morgan fingerprint density at radius 2 is 1.77 bits per heavy atom. The van der Waals surface area contributed by atoms with E-state index in [9.17, 15) is 9.18 Å². The third-order valence-corrected chi connectivity index (χ3v) is 6.68. The maximum Gasteiger partial charge on any atom is 0.237 e. The maximum absolute atomic E-state index is 14.5. The van der Waals surface area contributed by atoms with Crippen molar-refractivity contribution in [1.29, 1.82) is 0 Å². The van der Waals surface area contributed by atoms with Crippen molar-refractivity contribution in [2.24, 2.45) is 11.8 Å². The van der Waals surface area contributed by atoms with Crippen LogP contribution in [0.4, 0.5) is 4.39 Å². The molecule has 2 aliphatic rings. The fourth-order valence-corrected chi connectivity index (χ4v) is 5.27. The summed E-state index contributed by atoms with van der Waals surface area (Å²) < 4.78 is 14.5. The molecule has 5 heteroatoms. The smallest absolute Gasteiger partial charge is 0.237 e. The first-order valence-electron chi connectivity index (χ1n) is 10.8. The SMILES string of the molecule is Cc1ccccc1[C@H]1[C@@H]2CN(Cc3cccc(C)c3F)C[C@@H]2CN1C(=O)CN(C)C. The highest BCUT2D eigenvalue weighted by atomic mass is 19.1. The molecule has 0 spiro atoms. The molecule has 0 radical (unpaired) electrons. The van der Waals surface area contributed by atoms with Crippen molar-refractivity contribution >= 4 is 5.91 Å². The maximum atomic E-state index is 14.5. The second-order valence-corrected chi connectivity index (χ2v) is 9.25. The zero-order chi connectivity index (χ0) is 21.4. The molecule has 0 aliphatic carbocycles. The fourth-order valence-electron chi connectivity index (χ4n) is 5.27. The molecule has 0 bridgehead atoms. The lowest BCUT2D eigenvalue weighted by atomic mass is 9.87. The van der Waals surface area contributed by atoms with E-state index >= 15 is 0 Å². The van der Waals surface area contributed by atoms with E-state index in [-0.39, 0.29) is 17.8 Å². The second-order valence-electron chi connectivity index (χ2n) is 9.25. The van der Waals surface area contributed by atoms with Gasteiger partial charge in [-0.25, -0.2) is 4.39 Å². The monoisotopic (exact) mass is 409 g/mol. The van der Waals surface area contributed by atoms with Crippen molar-refractivity contribution < 1.29 is 9.18 Å². The van der Waals surface area contributed by atoms with E-state index in [1.807, 2.05) is 44.1 Å². The normalized spacial score (nSPS) is 23.9. The molecule has 4 nitrogen and oxygen atoms in total. The molecule has 2 aromatic carbocycles. The number of likely N-dealkylation sites (tertiary alicyclic amines) is 2. The Labute approximate surface area is 179 Å². The number of nitrogens with zero attached hydrogens (tertiary/aromatic N) is 3. The van der Waals surface area contributed by atoms with Gasteiger partial charge >= 0.3 is 0 Å². The molecule has 0 N–H and O–H groups in total. The number of halogens is 1. The van der Waals surface area contributed by atoms with E-state index in [1.54, 1.807) is 0 Å². The van der Waals surface area contributed by atoms with Crippen molar-refractivity contribution in [2.45, 2.75) is 26.4 Å². The zero-order valence-electron chi connectivity index (χ0n) is 18.4. The van der Waals surface area contributed by atoms with Gasteiger partial charge in [0.25, 0.3) is 0 Å². The first-order valence-corrected chi connectivity index (χ1v) is 10.8. The van der Waals surface area contributed by atoms with Gasteiger partial charge in [-0.1, -0.05) is 42.5 Å². The first-order chi connectivity index (χ1) is 14.3. The Bertz CT molecular complexity index is 928. The highest BCUT2D eigenvalue weighted by Gasteiger charge is 2.49. The molecule has 2 aromatic rings. The van der Waals surface area contributed by atoms with Crippen molar-refractivity contribution in [3.63, 3.8) is 0 Å². The summed E-state index contributed by atoms with van der Waals surface area (Å²) in [7, 11) is 3.88. The van der Waals surface area contributed by atoms with Crippen LogP contribution in [0, 0.1) is 31.5 Å². The average molecular weight is 410 g/mol. The van der Waals surface area contributed by atoms with Crippen LogP contribution in [0.2, 0.25) is 0 Å². The number of hydrogen-bond donors (Lipinski definition) is 0. The van der Waals surface area contributed by atoms with Gasteiger partial charge in [0, 0.05) is 37.7 Å². The van der Waals surface area contributed by atoms with Gasteiger partial charge in [-0.2, -0.15) is 0 Å². The highest BCUT2D eigenvalue weighted by Crippen LogP contribution is 2.46. The van der Waals surface area contributed by atoms with Gasteiger partial charge in [0.2, 0.25) is 5.91 Å². The summed E-state index contributed by atoms with van der Waals surface area (Å²) in [4.78, 5) is 19.5. The first kappa shape index (κ1) is 21.0. The minimum atomic E-state index is -0.0900. The van der Waals surface area contributed by atoms with Gasteiger partial charge in [-0.05, 0) is 50.6 Å². The van der Waals surface area contributed by atoms with Crippen LogP contribution in [0.15, 0.2) is 42.5 Å². The molecule has 0 unspecified atom stereocenters. The second kappa shape index (κ2) is 8.48. The summed E-state index contributed by atoms with van der Waals surface area (Å²) in [6.07, 6.45) is 0. The van der Waals surface area contributed by atoms with Gasteiger partial charge in [0.05, 0.1) is 12.6 Å². The minimum Gasteiger partial charge on any atom is -0.334 e. The summed E-state index contributed by atoms with van der Waals surface area (Å²) in [6.45, 7) is 7.59. The largest absolute Gasteiger partial charge is 0.334 e.